The molecule has 1 nitrogen and oxygen atoms in total. The van der Waals surface area contributed by atoms with Crippen LogP contribution in [0.2, 0.25) is 0 Å². The molecule has 0 aliphatic heterocycles. The number of nitrogens with two attached hydrogens (primary N) is 1. The maximum absolute atomic E-state index is 4.54. The molecule has 0 spiro atoms. The monoisotopic (exact) mass is 159 g/mol. The van der Waals surface area contributed by atoms with Crippen LogP contribution >= 0.6 is 12.2 Å². The highest BCUT2D eigenvalue weighted by atomic mass is 32.1. The Labute approximate surface area is 69.0 Å². The van der Waals surface area contributed by atoms with Gasteiger partial charge in [-0.15, -0.1) is 0 Å². The summed E-state index contributed by atoms with van der Waals surface area (Å²) in [6.07, 6.45) is 7.44. The second-order valence-corrected chi connectivity index (χ2v) is 3.15. The summed E-state index contributed by atoms with van der Waals surface area (Å²) < 4.78 is 0. The van der Waals surface area contributed by atoms with E-state index in [1.807, 2.05) is 0 Å². The van der Waals surface area contributed by atoms with E-state index < -0.39 is 0 Å². The van der Waals surface area contributed by atoms with E-state index in [4.69, 9.17) is 0 Å². The van der Waals surface area contributed by atoms with Crippen molar-refractivity contribution >= 4 is 17.7 Å². The van der Waals surface area contributed by atoms with E-state index in [1.165, 1.54) is 32.1 Å². The van der Waals surface area contributed by atoms with E-state index in [1.54, 1.807) is 0 Å². The van der Waals surface area contributed by atoms with Gasteiger partial charge in [0.15, 0.2) is 0 Å². The minimum atomic E-state index is 1.04. The first-order chi connectivity index (χ1) is 4.81. The Balaban J connectivity index is 0.000000236. The quantitative estimate of drug-likeness (QED) is 0.550. The first-order valence-corrected chi connectivity index (χ1v) is 4.43. The highest BCUT2D eigenvalue weighted by Gasteiger charge is 2.05. The van der Waals surface area contributed by atoms with Crippen LogP contribution in [-0.2, 0) is 0 Å². The maximum atomic E-state index is 4.54. The Morgan fingerprint density at radius 1 is 1.30 bits per heavy atom. The van der Waals surface area contributed by atoms with Gasteiger partial charge in [-0.3, -0.25) is 0 Å². The normalized spacial score (nSPS) is 18.9. The Hall–Kier alpha value is -0.110. The molecule has 1 saturated carbocycles. The van der Waals surface area contributed by atoms with E-state index >= 15 is 0 Å². The SMILES string of the molecule is CC1CCCCC1.NC=S. The van der Waals surface area contributed by atoms with Crippen LogP contribution in [0.15, 0.2) is 0 Å². The molecule has 0 atom stereocenters. The third-order valence-corrected chi connectivity index (χ3v) is 1.89. The predicted molar refractivity (Wildman–Crippen MR) is 50.1 cm³/mol. The van der Waals surface area contributed by atoms with Gasteiger partial charge >= 0.3 is 0 Å². The summed E-state index contributed by atoms with van der Waals surface area (Å²) in [5.74, 6) is 1.04. The van der Waals surface area contributed by atoms with E-state index in [0.29, 0.717) is 0 Å². The van der Waals surface area contributed by atoms with Crippen LogP contribution in [0.3, 0.4) is 0 Å². The Bertz CT molecular complexity index is 77.3. The Morgan fingerprint density at radius 2 is 1.70 bits per heavy atom. The summed E-state index contributed by atoms with van der Waals surface area (Å²) >= 11 is 4.05. The zero-order valence-electron chi connectivity index (χ0n) is 6.68. The maximum Gasteiger partial charge on any atom is 0.0588 e. The first-order valence-electron chi connectivity index (χ1n) is 3.96. The number of hydrogen-bond donors (Lipinski definition) is 1. The van der Waals surface area contributed by atoms with Crippen LogP contribution in [0.5, 0.6) is 0 Å². The minimum absolute atomic E-state index is 1.04. The van der Waals surface area contributed by atoms with E-state index in [9.17, 15) is 0 Å². The van der Waals surface area contributed by atoms with Crippen molar-refractivity contribution in [1.29, 1.82) is 0 Å². The smallest absolute Gasteiger partial charge is 0.0588 e. The average molecular weight is 159 g/mol. The molecule has 2 N–H and O–H groups in total. The lowest BCUT2D eigenvalue weighted by Crippen LogP contribution is -1.99. The van der Waals surface area contributed by atoms with Crippen LogP contribution in [0.25, 0.3) is 0 Å². The van der Waals surface area contributed by atoms with Crippen molar-refractivity contribution in [2.24, 2.45) is 11.7 Å². The van der Waals surface area contributed by atoms with Crippen LogP contribution in [0, 0.1) is 5.92 Å². The molecule has 0 bridgehead atoms. The van der Waals surface area contributed by atoms with Crippen molar-refractivity contribution in [1.82, 2.24) is 0 Å². The van der Waals surface area contributed by atoms with Crippen LogP contribution < -0.4 is 5.73 Å². The van der Waals surface area contributed by atoms with Gasteiger partial charge < -0.3 is 5.73 Å². The minimum Gasteiger partial charge on any atom is -0.396 e. The number of hydrogen-bond acceptors (Lipinski definition) is 1. The van der Waals surface area contributed by atoms with Gasteiger partial charge in [0.25, 0.3) is 0 Å². The molecule has 1 aliphatic rings. The highest BCUT2D eigenvalue weighted by molar-refractivity contribution is 7.78. The molecule has 1 aliphatic carbocycles. The molecule has 60 valence electrons. The number of rotatable bonds is 0. The molecule has 10 heavy (non-hydrogen) atoms. The predicted octanol–water partition coefficient (Wildman–Crippen LogP) is 2.49. The summed E-state index contributed by atoms with van der Waals surface area (Å²) in [5, 5.41) is 0. The van der Waals surface area contributed by atoms with Crippen molar-refractivity contribution in [2.75, 3.05) is 0 Å². The summed E-state index contributed by atoms with van der Waals surface area (Å²) in [5.41, 5.74) is 5.62. The van der Waals surface area contributed by atoms with Gasteiger partial charge in [-0.25, -0.2) is 0 Å². The fraction of sp³-hybridized carbons (Fsp3) is 0.875. The van der Waals surface area contributed by atoms with Crippen LogP contribution in [0.1, 0.15) is 39.0 Å². The third-order valence-electron chi connectivity index (χ3n) is 1.89. The second kappa shape index (κ2) is 7.00. The lowest BCUT2D eigenvalue weighted by molar-refractivity contribution is 0.385. The standard InChI is InChI=1S/C7H14.CH3NS/c1-7-5-3-2-4-6-7;2-1-3/h7H,2-6H2,1H3;1H,(H2,2,3). The fourth-order valence-corrected chi connectivity index (χ4v) is 1.31. The average Bonchev–Trinajstić information content (AvgIpc) is 1.91. The number of thiocarbonyl (C=S) groups is 1. The largest absolute Gasteiger partial charge is 0.396 e. The molecule has 0 heterocycles. The molecular weight excluding hydrogens is 142 g/mol. The summed E-state index contributed by atoms with van der Waals surface area (Å²) in [4.78, 5) is 0. The molecule has 0 aromatic carbocycles. The van der Waals surface area contributed by atoms with Crippen molar-refractivity contribution in [3.63, 3.8) is 0 Å². The van der Waals surface area contributed by atoms with Gasteiger partial charge in [0, 0.05) is 0 Å². The van der Waals surface area contributed by atoms with E-state index in [2.05, 4.69) is 24.9 Å². The van der Waals surface area contributed by atoms with E-state index in [0.717, 1.165) is 11.4 Å². The molecule has 0 amide bonds. The summed E-state index contributed by atoms with van der Waals surface area (Å²) in [6.45, 7) is 2.36. The Kier molecular flexibility index (Phi) is 6.93. The molecular formula is C8H17NS. The molecule has 2 heteroatoms. The van der Waals surface area contributed by atoms with Gasteiger partial charge in [-0.05, 0) is 5.92 Å². The van der Waals surface area contributed by atoms with Crippen molar-refractivity contribution in [3.05, 3.63) is 0 Å². The summed E-state index contributed by atoms with van der Waals surface area (Å²) in [6, 6.07) is 0. The zero-order valence-corrected chi connectivity index (χ0v) is 7.49. The first kappa shape index (κ1) is 9.89. The highest BCUT2D eigenvalue weighted by Crippen LogP contribution is 2.21. The Morgan fingerprint density at radius 3 is 1.90 bits per heavy atom. The topological polar surface area (TPSA) is 26.0 Å². The summed E-state index contributed by atoms with van der Waals surface area (Å²) in [7, 11) is 0. The second-order valence-electron chi connectivity index (χ2n) is 2.88. The lowest BCUT2D eigenvalue weighted by Gasteiger charge is -2.15. The fourth-order valence-electron chi connectivity index (χ4n) is 1.31. The van der Waals surface area contributed by atoms with Crippen molar-refractivity contribution < 1.29 is 0 Å². The third kappa shape index (κ3) is 6.02. The molecule has 1 rings (SSSR count). The molecule has 1 fully saturated rings. The van der Waals surface area contributed by atoms with Gasteiger partial charge in [0.1, 0.15) is 0 Å². The molecule has 0 aromatic rings. The van der Waals surface area contributed by atoms with Gasteiger partial charge in [-0.1, -0.05) is 51.2 Å². The van der Waals surface area contributed by atoms with Crippen LogP contribution in [-0.4, -0.2) is 5.49 Å². The van der Waals surface area contributed by atoms with Gasteiger partial charge in [0.2, 0.25) is 0 Å². The molecule has 0 aromatic heterocycles. The molecule has 0 saturated heterocycles. The van der Waals surface area contributed by atoms with Gasteiger partial charge in [0.05, 0.1) is 5.49 Å². The van der Waals surface area contributed by atoms with Crippen LogP contribution in [0.4, 0.5) is 0 Å². The molecule has 0 radical (unpaired) electrons. The van der Waals surface area contributed by atoms with Crippen molar-refractivity contribution in [3.8, 4) is 0 Å². The molecule has 0 unspecified atom stereocenters. The van der Waals surface area contributed by atoms with Crippen molar-refractivity contribution in [2.45, 2.75) is 39.0 Å². The van der Waals surface area contributed by atoms with E-state index in [-0.39, 0.29) is 0 Å². The lowest BCUT2D eigenvalue weighted by atomic mass is 9.91. The zero-order chi connectivity index (χ0) is 7.82. The van der Waals surface area contributed by atoms with Gasteiger partial charge in [-0.2, -0.15) is 0 Å².